The molecule has 0 fully saturated rings. The van der Waals surface area contributed by atoms with Crippen molar-refractivity contribution in [1.82, 2.24) is 9.13 Å². The Bertz CT molecular complexity index is 1760. The van der Waals surface area contributed by atoms with E-state index in [1.54, 1.807) is 18.2 Å². The number of methoxy groups -OCH3 is 2. The maximum Gasteiger partial charge on any atom is 0.332 e. The third-order valence-corrected chi connectivity index (χ3v) is 7.13. The molecule has 0 unspecified atom stereocenters. The SMILES string of the molecule is COc1ccc(NC(=O)Cn2c(=O)n(Cc3ccc(F)cc3)c(=O)c3sc4ccccc4c32)c(OC)c1. The summed E-state index contributed by atoms with van der Waals surface area (Å²) in [6, 6.07) is 17.9. The fraction of sp³-hybridized carbons (Fsp3) is 0.148. The van der Waals surface area contributed by atoms with Crippen molar-refractivity contribution >= 4 is 43.2 Å². The van der Waals surface area contributed by atoms with E-state index >= 15 is 0 Å². The smallest absolute Gasteiger partial charge is 0.332 e. The molecule has 3 aromatic carbocycles. The molecule has 1 amide bonds. The van der Waals surface area contributed by atoms with E-state index in [2.05, 4.69) is 5.32 Å². The lowest BCUT2D eigenvalue weighted by Crippen LogP contribution is -2.41. The first-order valence-corrected chi connectivity index (χ1v) is 12.1. The lowest BCUT2D eigenvalue weighted by atomic mass is 10.2. The number of thiophene rings is 1. The fourth-order valence-electron chi connectivity index (χ4n) is 4.19. The molecule has 8 nitrogen and oxygen atoms in total. The number of ether oxygens (including phenoxy) is 2. The minimum atomic E-state index is -0.637. The summed E-state index contributed by atoms with van der Waals surface area (Å²) in [5, 5.41) is 3.49. The van der Waals surface area contributed by atoms with Crippen LogP contribution in [0.25, 0.3) is 20.3 Å². The molecule has 1 N–H and O–H groups in total. The number of nitrogens with zero attached hydrogens (tertiary/aromatic N) is 2. The van der Waals surface area contributed by atoms with Crippen molar-refractivity contribution in [3.05, 3.63) is 98.9 Å². The number of fused-ring (bicyclic) bond motifs is 3. The zero-order valence-electron chi connectivity index (χ0n) is 20.0. The van der Waals surface area contributed by atoms with Crippen molar-refractivity contribution in [2.75, 3.05) is 19.5 Å². The first kappa shape index (κ1) is 24.3. The number of carbonyl (C=O) groups excluding carboxylic acids is 1. The second kappa shape index (κ2) is 9.90. The van der Waals surface area contributed by atoms with Crippen molar-refractivity contribution in [2.45, 2.75) is 13.1 Å². The lowest BCUT2D eigenvalue weighted by molar-refractivity contribution is -0.116. The highest BCUT2D eigenvalue weighted by Gasteiger charge is 2.20. The molecule has 0 atom stereocenters. The van der Waals surface area contributed by atoms with Crippen LogP contribution in [0.5, 0.6) is 11.5 Å². The number of amides is 1. The molecular weight excluding hydrogens is 497 g/mol. The normalized spacial score (nSPS) is 11.1. The molecule has 0 aliphatic rings. The molecule has 0 saturated carbocycles. The van der Waals surface area contributed by atoms with E-state index in [9.17, 15) is 18.8 Å². The summed E-state index contributed by atoms with van der Waals surface area (Å²) < 4.78 is 27.5. The standard InChI is InChI=1S/C27H22FN3O5S/c1-35-18-11-12-20(21(13-18)36-2)29-23(32)15-30-24-19-5-3-4-6-22(19)37-25(24)26(33)31(27(30)34)14-16-7-9-17(28)10-8-16/h3-13H,14-15H2,1-2H3,(H,29,32). The van der Waals surface area contributed by atoms with Gasteiger partial charge < -0.3 is 14.8 Å². The molecule has 2 aromatic heterocycles. The Morgan fingerprint density at radius 2 is 1.73 bits per heavy atom. The van der Waals surface area contributed by atoms with Crippen LogP contribution in [0.15, 0.2) is 76.3 Å². The maximum atomic E-state index is 13.6. The van der Waals surface area contributed by atoms with E-state index in [1.165, 1.54) is 54.4 Å². The number of aromatic nitrogens is 2. The van der Waals surface area contributed by atoms with Crippen LogP contribution in [-0.2, 0) is 17.9 Å². The number of carbonyl (C=O) groups is 1. The van der Waals surface area contributed by atoms with Gasteiger partial charge in [0.25, 0.3) is 5.56 Å². The van der Waals surface area contributed by atoms with Gasteiger partial charge in [0.05, 0.1) is 32.0 Å². The fourth-order valence-corrected chi connectivity index (χ4v) is 5.34. The van der Waals surface area contributed by atoms with Crippen LogP contribution in [-0.4, -0.2) is 29.3 Å². The van der Waals surface area contributed by atoms with Crippen LogP contribution >= 0.6 is 11.3 Å². The van der Waals surface area contributed by atoms with Crippen molar-refractivity contribution in [1.29, 1.82) is 0 Å². The van der Waals surface area contributed by atoms with Crippen LogP contribution in [0.3, 0.4) is 0 Å². The zero-order chi connectivity index (χ0) is 26.1. The zero-order valence-corrected chi connectivity index (χ0v) is 20.8. The first-order valence-electron chi connectivity index (χ1n) is 11.3. The predicted molar refractivity (Wildman–Crippen MR) is 142 cm³/mol. The van der Waals surface area contributed by atoms with Gasteiger partial charge in [-0.1, -0.05) is 30.3 Å². The van der Waals surface area contributed by atoms with Crippen LogP contribution in [0.1, 0.15) is 5.56 Å². The van der Waals surface area contributed by atoms with E-state index in [4.69, 9.17) is 9.47 Å². The first-order chi connectivity index (χ1) is 17.9. The quantitative estimate of drug-likeness (QED) is 0.348. The number of rotatable bonds is 7. The molecule has 5 aromatic rings. The van der Waals surface area contributed by atoms with Crippen LogP contribution in [0.4, 0.5) is 10.1 Å². The third kappa shape index (κ3) is 4.58. The summed E-state index contributed by atoms with van der Waals surface area (Å²) in [6.45, 7) is -0.398. The molecule has 0 radical (unpaired) electrons. The number of hydrogen-bond acceptors (Lipinski definition) is 6. The van der Waals surface area contributed by atoms with Crippen molar-refractivity contribution < 1.29 is 18.7 Å². The number of nitrogens with one attached hydrogen (secondary N) is 1. The Morgan fingerprint density at radius 1 is 0.973 bits per heavy atom. The topological polar surface area (TPSA) is 91.6 Å². The van der Waals surface area contributed by atoms with Crippen molar-refractivity contribution in [3.63, 3.8) is 0 Å². The average molecular weight is 520 g/mol. The molecule has 0 saturated heterocycles. The van der Waals surface area contributed by atoms with Crippen LogP contribution < -0.4 is 26.0 Å². The van der Waals surface area contributed by atoms with Gasteiger partial charge in [0.1, 0.15) is 28.6 Å². The molecule has 0 aliphatic carbocycles. The van der Waals surface area contributed by atoms with E-state index in [-0.39, 0.29) is 13.1 Å². The summed E-state index contributed by atoms with van der Waals surface area (Å²) in [5.74, 6) is 0.0612. The van der Waals surface area contributed by atoms with E-state index in [0.29, 0.717) is 38.4 Å². The molecule has 5 rings (SSSR count). The second-order valence-electron chi connectivity index (χ2n) is 8.28. The van der Waals surface area contributed by atoms with Gasteiger partial charge in [-0.25, -0.2) is 9.18 Å². The van der Waals surface area contributed by atoms with Crippen molar-refractivity contribution in [3.8, 4) is 11.5 Å². The van der Waals surface area contributed by atoms with Crippen LogP contribution in [0.2, 0.25) is 0 Å². The Hall–Kier alpha value is -4.44. The largest absolute Gasteiger partial charge is 0.497 e. The monoisotopic (exact) mass is 519 g/mol. The van der Waals surface area contributed by atoms with Crippen LogP contribution in [0, 0.1) is 5.82 Å². The molecular formula is C27H22FN3O5S. The number of halogens is 1. The van der Waals surface area contributed by atoms with Gasteiger partial charge in [-0.2, -0.15) is 0 Å². The van der Waals surface area contributed by atoms with Gasteiger partial charge in [0, 0.05) is 16.2 Å². The molecule has 188 valence electrons. The average Bonchev–Trinajstić information content (AvgIpc) is 3.30. The molecule has 37 heavy (non-hydrogen) atoms. The van der Waals surface area contributed by atoms with Gasteiger partial charge in [-0.05, 0) is 35.9 Å². The highest BCUT2D eigenvalue weighted by molar-refractivity contribution is 7.25. The minimum absolute atomic E-state index is 0.0595. The van der Waals surface area contributed by atoms with Gasteiger partial charge in [0.2, 0.25) is 5.91 Å². The van der Waals surface area contributed by atoms with Gasteiger partial charge >= 0.3 is 5.69 Å². The Kier molecular flexibility index (Phi) is 6.49. The van der Waals surface area contributed by atoms with Gasteiger partial charge in [-0.3, -0.25) is 18.7 Å². The highest BCUT2D eigenvalue weighted by atomic mass is 32.1. The van der Waals surface area contributed by atoms with E-state index in [1.807, 2.05) is 24.3 Å². The highest BCUT2D eigenvalue weighted by Crippen LogP contribution is 2.32. The number of hydrogen-bond donors (Lipinski definition) is 1. The lowest BCUT2D eigenvalue weighted by Gasteiger charge is -2.14. The molecule has 0 spiro atoms. The predicted octanol–water partition coefficient (Wildman–Crippen LogP) is 4.22. The Morgan fingerprint density at radius 3 is 2.46 bits per heavy atom. The van der Waals surface area contributed by atoms with E-state index < -0.39 is 23.0 Å². The summed E-state index contributed by atoms with van der Waals surface area (Å²) in [6.07, 6.45) is 0. The molecule has 2 heterocycles. The Labute approximate surface area is 214 Å². The number of benzene rings is 3. The molecule has 0 bridgehead atoms. The van der Waals surface area contributed by atoms with Crippen molar-refractivity contribution in [2.24, 2.45) is 0 Å². The maximum absolute atomic E-state index is 13.6. The van der Waals surface area contributed by atoms with Gasteiger partial charge in [0.15, 0.2) is 0 Å². The number of anilines is 1. The summed E-state index contributed by atoms with van der Waals surface area (Å²) in [5.41, 5.74) is 0.302. The summed E-state index contributed by atoms with van der Waals surface area (Å²) in [7, 11) is 3.00. The summed E-state index contributed by atoms with van der Waals surface area (Å²) >= 11 is 1.26. The molecule has 0 aliphatic heterocycles. The van der Waals surface area contributed by atoms with Gasteiger partial charge in [-0.15, -0.1) is 11.3 Å². The summed E-state index contributed by atoms with van der Waals surface area (Å²) in [4.78, 5) is 40.2. The third-order valence-electron chi connectivity index (χ3n) is 5.98. The second-order valence-corrected chi connectivity index (χ2v) is 9.33. The molecule has 10 heteroatoms. The van der Waals surface area contributed by atoms with E-state index in [0.717, 1.165) is 9.27 Å². The Balaban J connectivity index is 1.61. The minimum Gasteiger partial charge on any atom is -0.497 e.